The summed E-state index contributed by atoms with van der Waals surface area (Å²) in [6, 6.07) is 12.8. The minimum atomic E-state index is -2.92. The summed E-state index contributed by atoms with van der Waals surface area (Å²) >= 11 is 7.47. The molecule has 0 atom stereocenters. The molecule has 0 unspecified atom stereocenters. The summed E-state index contributed by atoms with van der Waals surface area (Å²) in [6.07, 6.45) is 0. The van der Waals surface area contributed by atoms with Gasteiger partial charge >= 0.3 is 6.61 Å². The first-order chi connectivity index (χ1) is 12.9. The Morgan fingerprint density at radius 2 is 1.81 bits per heavy atom. The number of carbonyl (C=O) groups excluding carboxylic acids is 2. The normalized spacial score (nSPS) is 10.8. The molecule has 9 heteroatoms. The van der Waals surface area contributed by atoms with Crippen molar-refractivity contribution < 1.29 is 23.1 Å². The highest BCUT2D eigenvalue weighted by molar-refractivity contribution is 7.21. The standard InChI is InChI=1S/C18H13ClF2N2O3S/c19-15-12-3-1-2-4-13(12)27-16(15)17(25)22-9-14(24)23-10-5-7-11(8-6-10)26-18(20)21/h1-8,18H,9H2,(H,22,25)(H,23,24). The lowest BCUT2D eigenvalue weighted by Gasteiger charge is -2.08. The average Bonchev–Trinajstić information content (AvgIpc) is 2.98. The second-order valence-corrected chi connectivity index (χ2v) is 6.81. The van der Waals surface area contributed by atoms with E-state index in [1.165, 1.54) is 35.6 Å². The Balaban J connectivity index is 1.56. The summed E-state index contributed by atoms with van der Waals surface area (Å²) in [5.74, 6) is -0.934. The predicted molar refractivity (Wildman–Crippen MR) is 101 cm³/mol. The largest absolute Gasteiger partial charge is 0.435 e. The minimum absolute atomic E-state index is 0.0179. The number of alkyl halides is 2. The van der Waals surface area contributed by atoms with Gasteiger partial charge in [0.2, 0.25) is 5.91 Å². The highest BCUT2D eigenvalue weighted by Gasteiger charge is 2.17. The molecular weight excluding hydrogens is 398 g/mol. The van der Waals surface area contributed by atoms with Gasteiger partial charge < -0.3 is 15.4 Å². The molecule has 0 aliphatic carbocycles. The van der Waals surface area contributed by atoms with Gasteiger partial charge in [0.25, 0.3) is 5.91 Å². The lowest BCUT2D eigenvalue weighted by Crippen LogP contribution is -2.32. The number of hydrogen-bond donors (Lipinski definition) is 2. The van der Waals surface area contributed by atoms with E-state index in [0.717, 1.165) is 10.1 Å². The molecule has 0 bridgehead atoms. The maximum atomic E-state index is 12.3. The molecule has 0 aliphatic heterocycles. The fourth-order valence-electron chi connectivity index (χ4n) is 2.33. The van der Waals surface area contributed by atoms with Crippen LogP contribution in [0.25, 0.3) is 10.1 Å². The van der Waals surface area contributed by atoms with Crippen molar-refractivity contribution in [3.05, 3.63) is 58.4 Å². The van der Waals surface area contributed by atoms with Crippen LogP contribution < -0.4 is 15.4 Å². The van der Waals surface area contributed by atoms with Gasteiger partial charge in [-0.15, -0.1) is 11.3 Å². The van der Waals surface area contributed by atoms with E-state index in [-0.39, 0.29) is 12.3 Å². The molecule has 2 aromatic carbocycles. The van der Waals surface area contributed by atoms with Crippen LogP contribution in [0.2, 0.25) is 5.02 Å². The average molecular weight is 411 g/mol. The second kappa shape index (κ2) is 8.32. The lowest BCUT2D eigenvalue weighted by atomic mass is 10.2. The Morgan fingerprint density at radius 1 is 1.11 bits per heavy atom. The smallest absolute Gasteiger partial charge is 0.387 e. The summed E-state index contributed by atoms with van der Waals surface area (Å²) in [5.41, 5.74) is 0.385. The Morgan fingerprint density at radius 3 is 2.48 bits per heavy atom. The Labute approximate surface area is 161 Å². The first-order valence-electron chi connectivity index (χ1n) is 7.74. The van der Waals surface area contributed by atoms with Crippen LogP contribution in [0, 0.1) is 0 Å². The predicted octanol–water partition coefficient (Wildman–Crippen LogP) is 4.52. The maximum absolute atomic E-state index is 12.3. The first kappa shape index (κ1) is 19.1. The number of amides is 2. The van der Waals surface area contributed by atoms with Gasteiger partial charge in [-0.1, -0.05) is 29.8 Å². The quantitative estimate of drug-likeness (QED) is 0.627. The molecule has 0 spiro atoms. The van der Waals surface area contributed by atoms with E-state index >= 15 is 0 Å². The van der Waals surface area contributed by atoms with Gasteiger partial charge in [0.05, 0.1) is 11.6 Å². The number of hydrogen-bond acceptors (Lipinski definition) is 4. The molecule has 1 heterocycles. The first-order valence-corrected chi connectivity index (χ1v) is 8.93. The number of thiophene rings is 1. The van der Waals surface area contributed by atoms with E-state index in [9.17, 15) is 18.4 Å². The van der Waals surface area contributed by atoms with Crippen molar-refractivity contribution in [2.75, 3.05) is 11.9 Å². The molecule has 0 saturated heterocycles. The van der Waals surface area contributed by atoms with Crippen LogP contribution >= 0.6 is 22.9 Å². The number of fused-ring (bicyclic) bond motifs is 1. The van der Waals surface area contributed by atoms with Crippen LogP contribution in [0.1, 0.15) is 9.67 Å². The van der Waals surface area contributed by atoms with E-state index < -0.39 is 18.4 Å². The van der Waals surface area contributed by atoms with Crippen molar-refractivity contribution in [1.82, 2.24) is 5.32 Å². The SMILES string of the molecule is O=C(CNC(=O)c1sc2ccccc2c1Cl)Nc1ccc(OC(F)F)cc1. The number of carbonyl (C=O) groups is 2. The number of halogens is 3. The number of nitrogens with one attached hydrogen (secondary N) is 2. The van der Waals surface area contributed by atoms with Crippen molar-refractivity contribution in [3.8, 4) is 5.75 Å². The van der Waals surface area contributed by atoms with Crippen LogP contribution in [0.5, 0.6) is 5.75 Å². The summed E-state index contributed by atoms with van der Waals surface area (Å²) in [5, 5.41) is 6.19. The summed E-state index contributed by atoms with van der Waals surface area (Å²) in [4.78, 5) is 24.6. The van der Waals surface area contributed by atoms with E-state index in [4.69, 9.17) is 11.6 Å². The maximum Gasteiger partial charge on any atom is 0.387 e. The van der Waals surface area contributed by atoms with E-state index in [0.29, 0.717) is 15.6 Å². The van der Waals surface area contributed by atoms with Crippen molar-refractivity contribution in [2.45, 2.75) is 6.61 Å². The number of ether oxygens (including phenoxy) is 1. The van der Waals surface area contributed by atoms with Crippen molar-refractivity contribution in [3.63, 3.8) is 0 Å². The van der Waals surface area contributed by atoms with Crippen molar-refractivity contribution in [2.24, 2.45) is 0 Å². The second-order valence-electron chi connectivity index (χ2n) is 5.38. The monoisotopic (exact) mass is 410 g/mol. The van der Waals surface area contributed by atoms with E-state index in [1.807, 2.05) is 24.3 Å². The highest BCUT2D eigenvalue weighted by Crippen LogP contribution is 2.34. The van der Waals surface area contributed by atoms with Crippen LogP contribution in [0.3, 0.4) is 0 Å². The molecule has 2 amide bonds. The molecule has 2 N–H and O–H groups in total. The summed E-state index contributed by atoms with van der Waals surface area (Å²) < 4.78 is 29.3. The third-order valence-electron chi connectivity index (χ3n) is 3.51. The van der Waals surface area contributed by atoms with Gasteiger partial charge in [-0.05, 0) is 30.3 Å². The Bertz CT molecular complexity index is 976. The molecule has 140 valence electrons. The molecule has 5 nitrogen and oxygen atoms in total. The summed E-state index contributed by atoms with van der Waals surface area (Å²) in [7, 11) is 0. The fourth-order valence-corrected chi connectivity index (χ4v) is 3.76. The molecular formula is C18H13ClF2N2O3S. The molecule has 3 rings (SSSR count). The molecule has 0 saturated carbocycles. The van der Waals surface area contributed by atoms with E-state index in [1.54, 1.807) is 0 Å². The lowest BCUT2D eigenvalue weighted by molar-refractivity contribution is -0.115. The zero-order chi connectivity index (χ0) is 19.4. The topological polar surface area (TPSA) is 67.4 Å². The fraction of sp³-hybridized carbons (Fsp3) is 0.111. The van der Waals surface area contributed by atoms with Crippen LogP contribution in [-0.2, 0) is 4.79 Å². The van der Waals surface area contributed by atoms with Gasteiger partial charge in [-0.3, -0.25) is 9.59 Å². The van der Waals surface area contributed by atoms with E-state index in [2.05, 4.69) is 15.4 Å². The molecule has 3 aromatic rings. The number of rotatable bonds is 6. The van der Waals surface area contributed by atoms with Gasteiger partial charge in [0, 0.05) is 15.8 Å². The molecule has 0 fully saturated rings. The molecule has 0 aliphatic rings. The molecule has 1 aromatic heterocycles. The van der Waals surface area contributed by atoms with Crippen LogP contribution in [0.15, 0.2) is 48.5 Å². The zero-order valence-electron chi connectivity index (χ0n) is 13.7. The molecule has 0 radical (unpaired) electrons. The summed E-state index contributed by atoms with van der Waals surface area (Å²) in [6.45, 7) is -3.18. The van der Waals surface area contributed by atoms with Crippen molar-refractivity contribution in [1.29, 1.82) is 0 Å². The third kappa shape index (κ3) is 4.72. The van der Waals surface area contributed by atoms with Crippen LogP contribution in [-0.4, -0.2) is 25.0 Å². The van der Waals surface area contributed by atoms with Gasteiger partial charge in [-0.25, -0.2) is 0 Å². The van der Waals surface area contributed by atoms with Gasteiger partial charge in [0.1, 0.15) is 10.6 Å². The van der Waals surface area contributed by atoms with Gasteiger partial charge in [0.15, 0.2) is 0 Å². The number of anilines is 1. The van der Waals surface area contributed by atoms with Crippen LogP contribution in [0.4, 0.5) is 14.5 Å². The zero-order valence-corrected chi connectivity index (χ0v) is 15.2. The number of benzene rings is 2. The highest BCUT2D eigenvalue weighted by atomic mass is 35.5. The molecule has 27 heavy (non-hydrogen) atoms. The third-order valence-corrected chi connectivity index (χ3v) is 5.19. The Hall–Kier alpha value is -2.71. The van der Waals surface area contributed by atoms with Gasteiger partial charge in [-0.2, -0.15) is 8.78 Å². The minimum Gasteiger partial charge on any atom is -0.435 e. The Kier molecular flexibility index (Phi) is 5.88. The van der Waals surface area contributed by atoms with Crippen molar-refractivity contribution >= 4 is 50.5 Å².